The van der Waals surface area contributed by atoms with Crippen LogP contribution < -0.4 is 0 Å². The number of unbranched alkanes of at least 4 members (excludes halogenated alkanes) is 3. The van der Waals surface area contributed by atoms with E-state index in [1.54, 1.807) is 13.0 Å². The zero-order chi connectivity index (χ0) is 16.0. The minimum Gasteiger partial charge on any atom is -0.462 e. The number of carbonyl (C=O) groups excluding carboxylic acids is 1. The van der Waals surface area contributed by atoms with Gasteiger partial charge in [-0.1, -0.05) is 26.2 Å². The van der Waals surface area contributed by atoms with Crippen LogP contribution in [0.5, 0.6) is 0 Å². The molecule has 0 unspecified atom stereocenters. The first-order valence-electron chi connectivity index (χ1n) is 6.69. The Kier molecular flexibility index (Phi) is 7.16. The van der Waals surface area contributed by atoms with Gasteiger partial charge < -0.3 is 4.74 Å². The molecule has 0 aliphatic rings. The molecule has 0 saturated carbocycles. The first kappa shape index (κ1) is 18.5. The molecule has 0 aliphatic carbocycles. The average Bonchev–Trinajstić information content (AvgIpc) is 2.39. The van der Waals surface area contributed by atoms with Gasteiger partial charge in [0.25, 0.3) is 9.05 Å². The van der Waals surface area contributed by atoms with E-state index in [4.69, 9.17) is 15.4 Å². The Hall–Kier alpha value is -0.590. The van der Waals surface area contributed by atoms with E-state index in [1.165, 1.54) is 6.07 Å². The molecule has 1 rings (SSSR count). The first-order valence-corrected chi connectivity index (χ1v) is 9.79. The lowest BCUT2D eigenvalue weighted by atomic mass is 10.1. The predicted molar refractivity (Wildman–Crippen MR) is 86.3 cm³/mol. The van der Waals surface area contributed by atoms with E-state index >= 15 is 0 Å². The fourth-order valence-corrected chi connectivity index (χ4v) is 3.97. The molecule has 7 heteroatoms. The van der Waals surface area contributed by atoms with E-state index in [2.05, 4.69) is 22.9 Å². The number of hydrogen-bond acceptors (Lipinski definition) is 4. The zero-order valence-corrected chi connectivity index (χ0v) is 15.1. The van der Waals surface area contributed by atoms with Gasteiger partial charge in [-0.05, 0) is 47.0 Å². The molecule has 4 nitrogen and oxygen atoms in total. The lowest BCUT2D eigenvalue weighted by molar-refractivity contribution is 0.0497. The quantitative estimate of drug-likeness (QED) is 0.388. The maximum absolute atomic E-state index is 11.9. The third-order valence-corrected chi connectivity index (χ3v) is 5.61. The lowest BCUT2D eigenvalue weighted by Crippen LogP contribution is -2.08. The normalized spacial score (nSPS) is 11.4. The van der Waals surface area contributed by atoms with E-state index in [0.717, 1.165) is 25.7 Å². The molecule has 0 spiro atoms. The molecule has 118 valence electrons. The van der Waals surface area contributed by atoms with Gasteiger partial charge in [0.05, 0.1) is 17.1 Å². The smallest absolute Gasteiger partial charge is 0.338 e. The van der Waals surface area contributed by atoms with Gasteiger partial charge in [-0.25, -0.2) is 13.2 Å². The Morgan fingerprint density at radius 1 is 1.29 bits per heavy atom. The maximum Gasteiger partial charge on any atom is 0.338 e. The molecule has 0 radical (unpaired) electrons. The highest BCUT2D eigenvalue weighted by molar-refractivity contribution is 9.10. The van der Waals surface area contributed by atoms with Crippen molar-refractivity contribution in [3.05, 3.63) is 27.7 Å². The number of aryl methyl sites for hydroxylation is 1. The van der Waals surface area contributed by atoms with Crippen molar-refractivity contribution in [2.45, 2.75) is 44.4 Å². The van der Waals surface area contributed by atoms with Crippen molar-refractivity contribution in [1.82, 2.24) is 0 Å². The highest BCUT2D eigenvalue weighted by atomic mass is 79.9. The van der Waals surface area contributed by atoms with E-state index in [9.17, 15) is 13.2 Å². The number of rotatable bonds is 7. The maximum atomic E-state index is 11.9. The Bertz CT molecular complexity index is 614. The van der Waals surface area contributed by atoms with Gasteiger partial charge in [0.15, 0.2) is 0 Å². The van der Waals surface area contributed by atoms with E-state index in [0.29, 0.717) is 16.6 Å². The molecule has 0 fully saturated rings. The molecule has 0 atom stereocenters. The summed E-state index contributed by atoms with van der Waals surface area (Å²) in [5.74, 6) is -0.538. The zero-order valence-electron chi connectivity index (χ0n) is 12.0. The van der Waals surface area contributed by atoms with Crippen LogP contribution in [0, 0.1) is 6.92 Å². The summed E-state index contributed by atoms with van der Waals surface area (Å²) in [7, 11) is 1.44. The monoisotopic (exact) mass is 396 g/mol. The summed E-state index contributed by atoms with van der Waals surface area (Å²) in [6, 6.07) is 2.80. The van der Waals surface area contributed by atoms with Crippen molar-refractivity contribution in [3.8, 4) is 0 Å². The van der Waals surface area contributed by atoms with E-state index < -0.39 is 15.0 Å². The van der Waals surface area contributed by atoms with Crippen molar-refractivity contribution < 1.29 is 17.9 Å². The predicted octanol–water partition coefficient (Wildman–Crippen LogP) is 4.42. The minimum atomic E-state index is -3.93. The molecule has 0 bridgehead atoms. The van der Waals surface area contributed by atoms with Crippen LogP contribution in [0.25, 0.3) is 0 Å². The Balaban J connectivity index is 2.84. The van der Waals surface area contributed by atoms with Crippen LogP contribution in [0.15, 0.2) is 21.5 Å². The molecular weight excluding hydrogens is 380 g/mol. The fraction of sp³-hybridized carbons (Fsp3) is 0.500. The minimum absolute atomic E-state index is 0.123. The van der Waals surface area contributed by atoms with Gasteiger partial charge in [0.2, 0.25) is 0 Å². The number of halogens is 2. The van der Waals surface area contributed by atoms with Crippen LogP contribution in [0.4, 0.5) is 0 Å². The second kappa shape index (κ2) is 8.15. The summed E-state index contributed by atoms with van der Waals surface area (Å²) in [6.45, 7) is 4.12. The summed E-state index contributed by atoms with van der Waals surface area (Å²) >= 11 is 3.16. The van der Waals surface area contributed by atoms with Gasteiger partial charge in [-0.15, -0.1) is 0 Å². The largest absolute Gasteiger partial charge is 0.462 e. The Morgan fingerprint density at radius 3 is 2.52 bits per heavy atom. The summed E-state index contributed by atoms with van der Waals surface area (Å²) in [5.41, 5.74) is 0.792. The molecule has 0 N–H and O–H groups in total. The average molecular weight is 398 g/mol. The molecule has 0 saturated heterocycles. The van der Waals surface area contributed by atoms with Crippen LogP contribution in [0.1, 0.15) is 48.5 Å². The molecule has 0 amide bonds. The summed E-state index contributed by atoms with van der Waals surface area (Å²) < 4.78 is 28.5. The van der Waals surface area contributed by atoms with Crippen molar-refractivity contribution in [3.63, 3.8) is 0 Å². The molecule has 0 aliphatic heterocycles. The highest BCUT2D eigenvalue weighted by Gasteiger charge is 2.20. The van der Waals surface area contributed by atoms with Crippen LogP contribution >= 0.6 is 26.6 Å². The van der Waals surface area contributed by atoms with Crippen LogP contribution in [0.2, 0.25) is 0 Å². The Morgan fingerprint density at radius 2 is 1.95 bits per heavy atom. The lowest BCUT2D eigenvalue weighted by Gasteiger charge is -2.09. The number of hydrogen-bond donors (Lipinski definition) is 0. The number of ether oxygens (including phenoxy) is 1. The van der Waals surface area contributed by atoms with Crippen LogP contribution in [0.3, 0.4) is 0 Å². The van der Waals surface area contributed by atoms with Crippen LogP contribution in [-0.2, 0) is 13.8 Å². The number of esters is 1. The van der Waals surface area contributed by atoms with E-state index in [-0.39, 0.29) is 10.5 Å². The number of benzene rings is 1. The van der Waals surface area contributed by atoms with E-state index in [1.807, 2.05) is 0 Å². The second-order valence-corrected chi connectivity index (χ2v) is 8.07. The van der Waals surface area contributed by atoms with Crippen molar-refractivity contribution in [1.29, 1.82) is 0 Å². The van der Waals surface area contributed by atoms with Crippen molar-refractivity contribution in [2.24, 2.45) is 0 Å². The molecule has 21 heavy (non-hydrogen) atoms. The molecule has 1 aromatic carbocycles. The molecule has 0 aromatic heterocycles. The molecule has 1 aromatic rings. The van der Waals surface area contributed by atoms with Crippen LogP contribution in [-0.4, -0.2) is 21.0 Å². The summed E-state index contributed by atoms with van der Waals surface area (Å²) in [6.07, 6.45) is 4.01. The third kappa shape index (κ3) is 5.60. The molecule has 0 heterocycles. The summed E-state index contributed by atoms with van der Waals surface area (Å²) in [5, 5.41) is 0. The SMILES string of the molecule is CCCCCCOC(=O)c1cc(C)c(Br)c(S(=O)(=O)Cl)c1. The number of carbonyl (C=O) groups is 1. The first-order chi connectivity index (χ1) is 9.77. The van der Waals surface area contributed by atoms with Gasteiger partial charge >= 0.3 is 5.97 Å². The van der Waals surface area contributed by atoms with Gasteiger partial charge in [-0.3, -0.25) is 0 Å². The summed E-state index contributed by atoms with van der Waals surface area (Å²) in [4.78, 5) is 11.8. The Labute approximate surface area is 138 Å². The van der Waals surface area contributed by atoms with Crippen molar-refractivity contribution >= 4 is 41.6 Å². The van der Waals surface area contributed by atoms with Gasteiger partial charge in [0, 0.05) is 15.2 Å². The topological polar surface area (TPSA) is 60.4 Å². The third-order valence-electron chi connectivity index (χ3n) is 2.95. The van der Waals surface area contributed by atoms with Crippen molar-refractivity contribution in [2.75, 3.05) is 6.61 Å². The standard InChI is InChI=1S/C14H18BrClO4S/c1-3-4-5-6-7-20-14(17)11-8-10(2)13(15)12(9-11)21(16,18)19/h8-9H,3-7H2,1-2H3. The molecular formula is C14H18BrClO4S. The van der Waals surface area contributed by atoms with Gasteiger partial charge in [-0.2, -0.15) is 0 Å². The van der Waals surface area contributed by atoms with Gasteiger partial charge in [0.1, 0.15) is 0 Å². The second-order valence-electron chi connectivity index (χ2n) is 4.74. The fourth-order valence-electron chi connectivity index (χ4n) is 1.81. The highest BCUT2D eigenvalue weighted by Crippen LogP contribution is 2.29.